The van der Waals surface area contributed by atoms with Crippen LogP contribution in [-0.2, 0) is 9.53 Å². The van der Waals surface area contributed by atoms with Gasteiger partial charge < -0.3 is 36.0 Å². The van der Waals surface area contributed by atoms with Crippen LogP contribution in [0.25, 0.3) is 0 Å². The lowest BCUT2D eigenvalue weighted by atomic mass is 9.94. The van der Waals surface area contributed by atoms with E-state index in [1.165, 1.54) is 7.05 Å². The number of carbonyl (C=O) groups excluding carboxylic acids is 2. The van der Waals surface area contributed by atoms with Gasteiger partial charge in [0.25, 0.3) is 5.91 Å². The molecule has 1 aliphatic heterocycles. The van der Waals surface area contributed by atoms with Crippen molar-refractivity contribution in [2.24, 2.45) is 0 Å². The summed E-state index contributed by atoms with van der Waals surface area (Å²) >= 11 is 0. The smallest absolute Gasteiger partial charge is 0.316 e. The number of rotatable bonds is 5. The van der Waals surface area contributed by atoms with E-state index >= 15 is 0 Å². The molecule has 0 aromatic carbocycles. The number of amides is 3. The minimum Gasteiger partial charge on any atom is -0.387 e. The van der Waals surface area contributed by atoms with Crippen molar-refractivity contribution in [2.75, 3.05) is 7.05 Å². The van der Waals surface area contributed by atoms with Gasteiger partial charge in [-0.2, -0.15) is 0 Å². The first-order valence-electron chi connectivity index (χ1n) is 7.63. The molecule has 0 aliphatic carbocycles. The van der Waals surface area contributed by atoms with Gasteiger partial charge in [-0.25, -0.2) is 4.79 Å². The molecule has 5 atom stereocenters. The normalized spacial score (nSPS) is 31.3. The van der Waals surface area contributed by atoms with Crippen molar-refractivity contribution in [3.8, 4) is 0 Å². The quantitative estimate of drug-likeness (QED) is 0.359. The molecular formula is C14H27N3O6. The summed E-state index contributed by atoms with van der Waals surface area (Å²) < 4.78 is 5.30. The highest BCUT2D eigenvalue weighted by Gasteiger charge is 2.47. The van der Waals surface area contributed by atoms with E-state index in [4.69, 9.17) is 4.74 Å². The Labute approximate surface area is 135 Å². The van der Waals surface area contributed by atoms with Gasteiger partial charge in [-0.05, 0) is 20.3 Å². The summed E-state index contributed by atoms with van der Waals surface area (Å²) in [5.74, 6) is -0.620. The number of aliphatic hydroxyl groups excluding tert-OH is 3. The Morgan fingerprint density at radius 1 is 1.13 bits per heavy atom. The Bertz CT molecular complexity index is 431. The molecule has 9 heteroatoms. The number of hydrogen-bond acceptors (Lipinski definition) is 6. The van der Waals surface area contributed by atoms with Crippen molar-refractivity contribution in [3.05, 3.63) is 0 Å². The highest BCUT2D eigenvalue weighted by atomic mass is 16.6. The maximum Gasteiger partial charge on any atom is 0.316 e. The van der Waals surface area contributed by atoms with Crippen LogP contribution < -0.4 is 16.0 Å². The molecule has 0 radical (unpaired) electrons. The van der Waals surface area contributed by atoms with Crippen molar-refractivity contribution < 1.29 is 29.6 Å². The third kappa shape index (κ3) is 5.03. The summed E-state index contributed by atoms with van der Waals surface area (Å²) in [7, 11) is 1.37. The van der Waals surface area contributed by atoms with E-state index in [-0.39, 0.29) is 0 Å². The third-order valence-corrected chi connectivity index (χ3v) is 3.71. The predicted octanol–water partition coefficient (Wildman–Crippen LogP) is -1.58. The molecule has 0 aromatic heterocycles. The van der Waals surface area contributed by atoms with Crippen LogP contribution in [0.2, 0.25) is 0 Å². The molecular weight excluding hydrogens is 306 g/mol. The Kier molecular flexibility index (Phi) is 6.75. The van der Waals surface area contributed by atoms with Crippen LogP contribution in [0.1, 0.15) is 33.6 Å². The summed E-state index contributed by atoms with van der Waals surface area (Å²) in [6, 6.07) is -0.650. The molecule has 0 aromatic rings. The molecule has 6 N–H and O–H groups in total. The van der Waals surface area contributed by atoms with Crippen LogP contribution in [0.5, 0.6) is 0 Å². The van der Waals surface area contributed by atoms with Gasteiger partial charge in [0.1, 0.15) is 18.3 Å². The summed E-state index contributed by atoms with van der Waals surface area (Å²) in [4.78, 5) is 23.7. The molecule has 1 rings (SSSR count). The van der Waals surface area contributed by atoms with Crippen LogP contribution in [0, 0.1) is 0 Å². The lowest BCUT2D eigenvalue weighted by Crippen LogP contribution is -2.66. The Balaban J connectivity index is 2.83. The second-order valence-corrected chi connectivity index (χ2v) is 6.30. The molecule has 1 heterocycles. The lowest BCUT2D eigenvalue weighted by Gasteiger charge is -2.41. The van der Waals surface area contributed by atoms with E-state index in [0.29, 0.717) is 6.42 Å². The zero-order valence-corrected chi connectivity index (χ0v) is 13.9. The molecule has 3 unspecified atom stereocenters. The number of hydrogen-bond donors (Lipinski definition) is 6. The van der Waals surface area contributed by atoms with Gasteiger partial charge in [-0.1, -0.05) is 13.3 Å². The molecule has 0 saturated carbocycles. The van der Waals surface area contributed by atoms with Gasteiger partial charge in [0.15, 0.2) is 12.3 Å². The largest absolute Gasteiger partial charge is 0.387 e. The van der Waals surface area contributed by atoms with Gasteiger partial charge in [-0.3, -0.25) is 4.79 Å². The van der Waals surface area contributed by atoms with Gasteiger partial charge in [0.2, 0.25) is 0 Å². The van der Waals surface area contributed by atoms with Crippen LogP contribution in [-0.4, -0.2) is 70.5 Å². The zero-order chi connectivity index (χ0) is 17.8. The maximum absolute atomic E-state index is 12.3. The minimum atomic E-state index is -1.63. The fourth-order valence-electron chi connectivity index (χ4n) is 2.51. The van der Waals surface area contributed by atoms with Crippen LogP contribution in [0.3, 0.4) is 0 Å². The Hall–Kier alpha value is -1.42. The average molecular weight is 333 g/mol. The molecule has 0 bridgehead atoms. The van der Waals surface area contributed by atoms with E-state index in [1.54, 1.807) is 0 Å². The highest BCUT2D eigenvalue weighted by Crippen LogP contribution is 2.21. The number of urea groups is 1. The molecule has 9 nitrogen and oxygen atoms in total. The highest BCUT2D eigenvalue weighted by molar-refractivity contribution is 5.82. The van der Waals surface area contributed by atoms with E-state index in [2.05, 4.69) is 16.0 Å². The van der Waals surface area contributed by atoms with E-state index in [9.17, 15) is 24.9 Å². The van der Waals surface area contributed by atoms with E-state index in [0.717, 1.165) is 6.42 Å². The first-order valence-corrected chi connectivity index (χ1v) is 7.63. The van der Waals surface area contributed by atoms with Crippen LogP contribution >= 0.6 is 0 Å². The second kappa shape index (κ2) is 7.91. The molecule has 0 spiro atoms. The minimum absolute atomic E-state index is 0.514. The van der Waals surface area contributed by atoms with E-state index < -0.39 is 48.1 Å². The van der Waals surface area contributed by atoms with Crippen molar-refractivity contribution in [2.45, 2.75) is 69.8 Å². The summed E-state index contributed by atoms with van der Waals surface area (Å²) in [5, 5.41) is 37.0. The maximum atomic E-state index is 12.3. The standard InChI is InChI=1S/C14H27N3O6/c1-5-6-14(2,3)17-11(21)10-8(19)7(18)9(20)12(23-10)16-13(22)15-4/h7-10,12,18-20H,5-6H2,1-4H3,(H,17,21)(H2,15,16,22)/t7?,8-,9?,10?,12+/m0/s1. The molecule has 3 amide bonds. The molecule has 1 saturated heterocycles. The first-order chi connectivity index (χ1) is 10.6. The number of carbonyl (C=O) groups is 2. The third-order valence-electron chi connectivity index (χ3n) is 3.71. The van der Waals surface area contributed by atoms with Crippen molar-refractivity contribution >= 4 is 11.9 Å². The average Bonchev–Trinajstić information content (AvgIpc) is 2.46. The van der Waals surface area contributed by atoms with Crippen molar-refractivity contribution in [3.63, 3.8) is 0 Å². The molecule has 1 aliphatic rings. The molecule has 134 valence electrons. The van der Waals surface area contributed by atoms with E-state index in [1.807, 2.05) is 20.8 Å². The predicted molar refractivity (Wildman–Crippen MR) is 81.4 cm³/mol. The number of ether oxygens (including phenoxy) is 1. The summed E-state index contributed by atoms with van der Waals surface area (Å²) in [6.45, 7) is 5.63. The zero-order valence-electron chi connectivity index (χ0n) is 13.9. The molecule has 23 heavy (non-hydrogen) atoms. The Morgan fingerprint density at radius 2 is 1.74 bits per heavy atom. The number of nitrogens with one attached hydrogen (secondary N) is 3. The van der Waals surface area contributed by atoms with Crippen molar-refractivity contribution in [1.29, 1.82) is 0 Å². The van der Waals surface area contributed by atoms with Crippen molar-refractivity contribution in [1.82, 2.24) is 16.0 Å². The fourth-order valence-corrected chi connectivity index (χ4v) is 2.51. The fraction of sp³-hybridized carbons (Fsp3) is 0.857. The van der Waals surface area contributed by atoms with Crippen LogP contribution in [0.4, 0.5) is 4.79 Å². The SMILES string of the molecule is CCCC(C)(C)NC(=O)C1O[C@@H](NC(=O)NC)C(O)C(O)[C@@H]1O. The van der Waals surface area contributed by atoms with Gasteiger partial charge in [0.05, 0.1) is 0 Å². The topological polar surface area (TPSA) is 140 Å². The number of aliphatic hydroxyl groups is 3. The summed E-state index contributed by atoms with van der Waals surface area (Å²) in [5.41, 5.74) is -0.514. The monoisotopic (exact) mass is 333 g/mol. The second-order valence-electron chi connectivity index (χ2n) is 6.30. The van der Waals surface area contributed by atoms with Gasteiger partial charge in [0, 0.05) is 12.6 Å². The first kappa shape index (κ1) is 19.6. The molecule has 1 fully saturated rings. The summed E-state index contributed by atoms with van der Waals surface area (Å²) in [6.07, 6.45) is -5.96. The van der Waals surface area contributed by atoms with Crippen LogP contribution in [0.15, 0.2) is 0 Å². The Morgan fingerprint density at radius 3 is 2.26 bits per heavy atom. The van der Waals surface area contributed by atoms with Gasteiger partial charge >= 0.3 is 6.03 Å². The van der Waals surface area contributed by atoms with Gasteiger partial charge in [-0.15, -0.1) is 0 Å². The lowest BCUT2D eigenvalue weighted by molar-refractivity contribution is -0.225.